The van der Waals surface area contributed by atoms with Crippen LogP contribution >= 0.6 is 0 Å². The van der Waals surface area contributed by atoms with Gasteiger partial charge in [-0.3, -0.25) is 0 Å². The minimum atomic E-state index is -0.725. The summed E-state index contributed by atoms with van der Waals surface area (Å²) >= 11 is 0. The van der Waals surface area contributed by atoms with Gasteiger partial charge < -0.3 is 5.11 Å². The van der Waals surface area contributed by atoms with Gasteiger partial charge in [0, 0.05) is 5.57 Å². The maximum Gasteiger partial charge on any atom is 0.331 e. The Labute approximate surface area is 133 Å². The predicted molar refractivity (Wildman–Crippen MR) is 87.4 cm³/mol. The third-order valence-electron chi connectivity index (χ3n) is 7.82. The van der Waals surface area contributed by atoms with E-state index in [4.69, 9.17) is 0 Å². The van der Waals surface area contributed by atoms with Crippen LogP contribution in [0.15, 0.2) is 23.3 Å². The summed E-state index contributed by atoms with van der Waals surface area (Å²) in [6.07, 6.45) is 14.4. The molecule has 5 atom stereocenters. The van der Waals surface area contributed by atoms with Crippen molar-refractivity contribution >= 4 is 5.97 Å². The monoisotopic (exact) mass is 300 g/mol. The average molecular weight is 300 g/mol. The van der Waals surface area contributed by atoms with Crippen LogP contribution in [0.4, 0.5) is 0 Å². The van der Waals surface area contributed by atoms with Crippen molar-refractivity contribution in [1.82, 2.24) is 0 Å². The lowest BCUT2D eigenvalue weighted by Gasteiger charge is -2.56. The van der Waals surface area contributed by atoms with Gasteiger partial charge >= 0.3 is 5.97 Å². The van der Waals surface area contributed by atoms with Crippen molar-refractivity contribution in [3.05, 3.63) is 23.3 Å². The van der Waals surface area contributed by atoms with Crippen LogP contribution in [0.3, 0.4) is 0 Å². The number of fused-ring (bicyclic) bond motifs is 5. The highest BCUT2D eigenvalue weighted by Crippen LogP contribution is 2.64. The zero-order valence-corrected chi connectivity index (χ0v) is 13.9. The van der Waals surface area contributed by atoms with Crippen molar-refractivity contribution in [2.75, 3.05) is 0 Å². The SMILES string of the molecule is C[C@@]12CCC[C@H]1[C@@H]1CC=C3C=C(C(=O)O)CC[C@]3(C)[C@H]1CC2. The van der Waals surface area contributed by atoms with E-state index in [0.717, 1.165) is 30.6 Å². The molecule has 2 saturated carbocycles. The molecule has 0 heterocycles. The van der Waals surface area contributed by atoms with Crippen LogP contribution in [0.5, 0.6) is 0 Å². The van der Waals surface area contributed by atoms with Crippen molar-refractivity contribution < 1.29 is 9.90 Å². The molecule has 1 N–H and O–H groups in total. The largest absolute Gasteiger partial charge is 0.478 e. The second kappa shape index (κ2) is 4.72. The van der Waals surface area contributed by atoms with Gasteiger partial charge in [0.25, 0.3) is 0 Å². The molecule has 0 unspecified atom stereocenters. The topological polar surface area (TPSA) is 37.3 Å². The number of rotatable bonds is 1. The van der Waals surface area contributed by atoms with E-state index in [1.54, 1.807) is 0 Å². The molecule has 0 aromatic heterocycles. The van der Waals surface area contributed by atoms with Crippen LogP contribution in [0.2, 0.25) is 0 Å². The van der Waals surface area contributed by atoms with Crippen molar-refractivity contribution in [2.45, 2.75) is 65.2 Å². The third kappa shape index (κ3) is 1.88. The predicted octanol–water partition coefficient (Wildman–Crippen LogP) is 4.96. The van der Waals surface area contributed by atoms with Crippen LogP contribution < -0.4 is 0 Å². The smallest absolute Gasteiger partial charge is 0.331 e. The fraction of sp³-hybridized carbons (Fsp3) is 0.750. The van der Waals surface area contributed by atoms with Gasteiger partial charge in [-0.1, -0.05) is 26.3 Å². The van der Waals surface area contributed by atoms with E-state index in [1.165, 1.54) is 44.1 Å². The molecule has 0 spiro atoms. The van der Waals surface area contributed by atoms with Crippen LogP contribution in [0, 0.1) is 28.6 Å². The van der Waals surface area contributed by atoms with Crippen LogP contribution in [-0.4, -0.2) is 11.1 Å². The number of allylic oxidation sites excluding steroid dienone is 3. The molecule has 4 rings (SSSR count). The van der Waals surface area contributed by atoms with E-state index in [2.05, 4.69) is 19.9 Å². The van der Waals surface area contributed by atoms with Gasteiger partial charge in [-0.25, -0.2) is 4.79 Å². The molecule has 0 bridgehead atoms. The fourth-order valence-electron chi connectivity index (χ4n) is 6.49. The first-order chi connectivity index (χ1) is 10.4. The standard InChI is InChI=1S/C20H28O2/c1-19-9-3-4-16(19)15-6-5-14-12-13(18(21)22)7-11-20(14,2)17(15)8-10-19/h5,12,15-17H,3-4,6-11H2,1-2H3,(H,21,22)/t15-,16-,17-,19-,20-/m0/s1. The summed E-state index contributed by atoms with van der Waals surface area (Å²) in [6, 6.07) is 0. The second-order valence-corrected chi connectivity index (χ2v) is 8.75. The highest BCUT2D eigenvalue weighted by atomic mass is 16.4. The van der Waals surface area contributed by atoms with E-state index >= 15 is 0 Å². The Bertz CT molecular complexity index is 572. The van der Waals surface area contributed by atoms with Crippen LogP contribution in [0.1, 0.15) is 65.2 Å². The molecule has 0 amide bonds. The van der Waals surface area contributed by atoms with Gasteiger partial charge in [0.05, 0.1) is 0 Å². The summed E-state index contributed by atoms with van der Waals surface area (Å²) in [7, 11) is 0. The molecule has 0 aromatic rings. The van der Waals surface area contributed by atoms with E-state index in [9.17, 15) is 9.90 Å². The minimum absolute atomic E-state index is 0.228. The Morgan fingerprint density at radius 3 is 2.77 bits per heavy atom. The minimum Gasteiger partial charge on any atom is -0.478 e. The first-order valence-corrected chi connectivity index (χ1v) is 9.08. The van der Waals surface area contributed by atoms with Gasteiger partial charge in [-0.15, -0.1) is 0 Å². The molecular weight excluding hydrogens is 272 g/mol. The molecule has 2 nitrogen and oxygen atoms in total. The lowest BCUT2D eigenvalue weighted by molar-refractivity contribution is -0.133. The molecule has 0 aromatic carbocycles. The number of carbonyl (C=O) groups is 1. The number of hydrogen-bond acceptors (Lipinski definition) is 1. The van der Waals surface area contributed by atoms with Crippen molar-refractivity contribution in [1.29, 1.82) is 0 Å². The maximum absolute atomic E-state index is 11.3. The van der Waals surface area contributed by atoms with Crippen molar-refractivity contribution in [3.63, 3.8) is 0 Å². The van der Waals surface area contributed by atoms with Crippen molar-refractivity contribution in [3.8, 4) is 0 Å². The highest BCUT2D eigenvalue weighted by Gasteiger charge is 2.55. The van der Waals surface area contributed by atoms with Crippen molar-refractivity contribution in [2.24, 2.45) is 28.6 Å². The number of aliphatic carboxylic acids is 1. The Morgan fingerprint density at radius 1 is 1.18 bits per heavy atom. The lowest BCUT2D eigenvalue weighted by atomic mass is 9.48. The highest BCUT2D eigenvalue weighted by molar-refractivity contribution is 5.87. The molecule has 4 aliphatic rings. The van der Waals surface area contributed by atoms with Gasteiger partial charge in [-0.05, 0) is 85.2 Å². The summed E-state index contributed by atoms with van der Waals surface area (Å²) in [6.45, 7) is 4.95. The number of carboxylic acids is 1. The molecule has 4 aliphatic carbocycles. The molecule has 0 aliphatic heterocycles. The first-order valence-electron chi connectivity index (χ1n) is 9.08. The van der Waals surface area contributed by atoms with Crippen LogP contribution in [-0.2, 0) is 4.79 Å². The molecule has 2 fully saturated rings. The number of hydrogen-bond donors (Lipinski definition) is 1. The Hall–Kier alpha value is -1.05. The quantitative estimate of drug-likeness (QED) is 0.743. The lowest BCUT2D eigenvalue weighted by Crippen LogP contribution is -2.48. The summed E-state index contributed by atoms with van der Waals surface area (Å²) in [5.74, 6) is 1.80. The second-order valence-electron chi connectivity index (χ2n) is 8.75. The maximum atomic E-state index is 11.3. The zero-order chi connectivity index (χ0) is 15.5. The average Bonchev–Trinajstić information content (AvgIpc) is 2.88. The van der Waals surface area contributed by atoms with Gasteiger partial charge in [0.2, 0.25) is 0 Å². The van der Waals surface area contributed by atoms with E-state index < -0.39 is 5.97 Å². The van der Waals surface area contributed by atoms with E-state index in [-0.39, 0.29) is 5.41 Å². The molecule has 22 heavy (non-hydrogen) atoms. The van der Waals surface area contributed by atoms with Gasteiger partial charge in [0.15, 0.2) is 0 Å². The van der Waals surface area contributed by atoms with Gasteiger partial charge in [-0.2, -0.15) is 0 Å². The fourth-order valence-corrected chi connectivity index (χ4v) is 6.49. The Balaban J connectivity index is 1.70. The molecule has 120 valence electrons. The van der Waals surface area contributed by atoms with Gasteiger partial charge in [0.1, 0.15) is 0 Å². The molecular formula is C20H28O2. The normalized spacial score (nSPS) is 46.9. The van der Waals surface area contributed by atoms with E-state index in [0.29, 0.717) is 11.0 Å². The molecule has 2 heteroatoms. The summed E-state index contributed by atoms with van der Waals surface area (Å²) in [5.41, 5.74) is 2.77. The van der Waals surface area contributed by atoms with E-state index in [1.807, 2.05) is 6.08 Å². The molecule has 0 radical (unpaired) electrons. The van der Waals surface area contributed by atoms with Crippen LogP contribution in [0.25, 0.3) is 0 Å². The number of carboxylic acid groups (broad SMARTS) is 1. The summed E-state index contributed by atoms with van der Waals surface area (Å²) in [4.78, 5) is 11.3. The third-order valence-corrected chi connectivity index (χ3v) is 7.82. The first kappa shape index (κ1) is 14.5. The zero-order valence-electron chi connectivity index (χ0n) is 13.9. The Morgan fingerprint density at radius 2 is 2.00 bits per heavy atom. The summed E-state index contributed by atoms with van der Waals surface area (Å²) in [5, 5.41) is 9.31. The summed E-state index contributed by atoms with van der Waals surface area (Å²) < 4.78 is 0. The Kier molecular flexibility index (Phi) is 3.12. The molecule has 0 saturated heterocycles.